The summed E-state index contributed by atoms with van der Waals surface area (Å²) in [7, 11) is 0. The molecular formula is C15H23NOS. The lowest BCUT2D eigenvalue weighted by Gasteiger charge is -2.25. The normalized spacial score (nSPS) is 25.2. The summed E-state index contributed by atoms with van der Waals surface area (Å²) >= 11 is 2.08. The number of aromatic hydroxyl groups is 1. The average molecular weight is 265 g/mol. The van der Waals surface area contributed by atoms with E-state index in [1.54, 1.807) is 6.07 Å². The number of benzene rings is 1. The van der Waals surface area contributed by atoms with E-state index in [0.717, 1.165) is 5.25 Å². The minimum absolute atomic E-state index is 0.306. The van der Waals surface area contributed by atoms with Crippen LogP contribution in [-0.4, -0.2) is 22.2 Å². The van der Waals surface area contributed by atoms with Gasteiger partial charge in [-0.25, -0.2) is 0 Å². The quantitative estimate of drug-likeness (QED) is 0.851. The highest BCUT2D eigenvalue weighted by Gasteiger charge is 2.28. The van der Waals surface area contributed by atoms with Crippen molar-refractivity contribution in [1.82, 2.24) is 5.32 Å². The molecule has 1 fully saturated rings. The summed E-state index contributed by atoms with van der Waals surface area (Å²) in [5.41, 5.74) is 1.17. The van der Waals surface area contributed by atoms with Crippen molar-refractivity contribution < 1.29 is 5.11 Å². The smallest absolute Gasteiger partial charge is 0.115 e. The molecule has 3 heteroatoms. The molecule has 0 radical (unpaired) electrons. The molecule has 0 spiro atoms. The fourth-order valence-electron chi connectivity index (χ4n) is 2.74. The number of phenols is 1. The SMILES string of the molecule is CCSC1CCCC1NC(C)c1cccc(O)c1. The number of nitrogens with one attached hydrogen (secondary N) is 1. The Hall–Kier alpha value is -0.670. The van der Waals surface area contributed by atoms with Crippen LogP contribution < -0.4 is 5.32 Å². The second kappa shape index (κ2) is 6.48. The van der Waals surface area contributed by atoms with Gasteiger partial charge in [-0.3, -0.25) is 0 Å². The summed E-state index contributed by atoms with van der Waals surface area (Å²) in [5.74, 6) is 1.55. The van der Waals surface area contributed by atoms with Gasteiger partial charge in [0.25, 0.3) is 0 Å². The molecule has 2 rings (SSSR count). The fraction of sp³-hybridized carbons (Fsp3) is 0.600. The molecule has 100 valence electrons. The minimum Gasteiger partial charge on any atom is -0.508 e. The van der Waals surface area contributed by atoms with Crippen LogP contribution in [0.3, 0.4) is 0 Å². The Kier molecular flexibility index (Phi) is 4.95. The number of rotatable bonds is 5. The zero-order valence-corrected chi connectivity index (χ0v) is 12.0. The van der Waals surface area contributed by atoms with Crippen LogP contribution in [0.2, 0.25) is 0 Å². The van der Waals surface area contributed by atoms with Gasteiger partial charge in [0.05, 0.1) is 0 Å². The molecule has 1 aromatic rings. The van der Waals surface area contributed by atoms with Crippen LogP contribution in [0, 0.1) is 0 Å². The third-order valence-corrected chi connectivity index (χ3v) is 4.99. The van der Waals surface area contributed by atoms with Crippen molar-refractivity contribution >= 4 is 11.8 Å². The molecule has 2 nitrogen and oxygen atoms in total. The number of thioether (sulfide) groups is 1. The topological polar surface area (TPSA) is 32.3 Å². The Balaban J connectivity index is 1.96. The van der Waals surface area contributed by atoms with Crippen molar-refractivity contribution in [2.45, 2.75) is 50.4 Å². The highest BCUT2D eigenvalue weighted by Crippen LogP contribution is 2.31. The first-order valence-electron chi connectivity index (χ1n) is 6.87. The first kappa shape index (κ1) is 13.8. The van der Waals surface area contributed by atoms with Crippen LogP contribution in [0.4, 0.5) is 0 Å². The summed E-state index contributed by atoms with van der Waals surface area (Å²) in [5, 5.41) is 14.0. The molecule has 0 bridgehead atoms. The van der Waals surface area contributed by atoms with Gasteiger partial charge < -0.3 is 10.4 Å². The molecule has 0 aromatic heterocycles. The summed E-state index contributed by atoms with van der Waals surface area (Å²) in [6.45, 7) is 4.42. The Morgan fingerprint density at radius 2 is 2.28 bits per heavy atom. The van der Waals surface area contributed by atoms with Gasteiger partial charge in [-0.1, -0.05) is 25.5 Å². The third kappa shape index (κ3) is 3.42. The second-order valence-electron chi connectivity index (χ2n) is 5.01. The van der Waals surface area contributed by atoms with E-state index in [1.165, 1.54) is 30.6 Å². The van der Waals surface area contributed by atoms with Gasteiger partial charge in [0.1, 0.15) is 5.75 Å². The summed E-state index contributed by atoms with van der Waals surface area (Å²) < 4.78 is 0. The van der Waals surface area contributed by atoms with E-state index in [1.807, 2.05) is 12.1 Å². The maximum atomic E-state index is 9.53. The van der Waals surface area contributed by atoms with Gasteiger partial charge in [0.15, 0.2) is 0 Å². The van der Waals surface area contributed by atoms with Gasteiger partial charge in [-0.05, 0) is 43.2 Å². The van der Waals surface area contributed by atoms with Crippen molar-refractivity contribution in [2.75, 3.05) is 5.75 Å². The monoisotopic (exact) mass is 265 g/mol. The van der Waals surface area contributed by atoms with Crippen molar-refractivity contribution in [2.24, 2.45) is 0 Å². The Morgan fingerprint density at radius 1 is 1.44 bits per heavy atom. The van der Waals surface area contributed by atoms with Gasteiger partial charge in [0, 0.05) is 17.3 Å². The molecule has 0 saturated heterocycles. The first-order chi connectivity index (χ1) is 8.70. The summed E-state index contributed by atoms with van der Waals surface area (Å²) in [4.78, 5) is 0. The van der Waals surface area contributed by atoms with E-state index in [-0.39, 0.29) is 0 Å². The van der Waals surface area contributed by atoms with Crippen LogP contribution >= 0.6 is 11.8 Å². The van der Waals surface area contributed by atoms with Gasteiger partial charge in [-0.15, -0.1) is 0 Å². The molecule has 18 heavy (non-hydrogen) atoms. The van der Waals surface area contributed by atoms with E-state index in [0.29, 0.717) is 17.8 Å². The van der Waals surface area contributed by atoms with Crippen molar-refractivity contribution in [1.29, 1.82) is 0 Å². The minimum atomic E-state index is 0.306. The van der Waals surface area contributed by atoms with Crippen LogP contribution in [0.15, 0.2) is 24.3 Å². The molecular weight excluding hydrogens is 242 g/mol. The lowest BCUT2D eigenvalue weighted by molar-refractivity contribution is 0.456. The molecule has 1 aromatic carbocycles. The molecule has 3 unspecified atom stereocenters. The maximum Gasteiger partial charge on any atom is 0.115 e. The molecule has 1 aliphatic carbocycles. The highest BCUT2D eigenvalue weighted by molar-refractivity contribution is 7.99. The number of hydrogen-bond acceptors (Lipinski definition) is 3. The van der Waals surface area contributed by atoms with Crippen molar-refractivity contribution in [3.63, 3.8) is 0 Å². The van der Waals surface area contributed by atoms with E-state index in [4.69, 9.17) is 0 Å². The van der Waals surface area contributed by atoms with Crippen LogP contribution in [0.25, 0.3) is 0 Å². The lowest BCUT2D eigenvalue weighted by atomic mass is 10.1. The van der Waals surface area contributed by atoms with Gasteiger partial charge in [0.2, 0.25) is 0 Å². The summed E-state index contributed by atoms with van der Waals surface area (Å²) in [6.07, 6.45) is 3.95. The number of hydrogen-bond donors (Lipinski definition) is 2. The molecule has 0 amide bonds. The van der Waals surface area contributed by atoms with Crippen molar-refractivity contribution in [3.8, 4) is 5.75 Å². The summed E-state index contributed by atoms with van der Waals surface area (Å²) in [6, 6.07) is 8.49. The molecule has 1 aliphatic rings. The molecule has 1 saturated carbocycles. The Morgan fingerprint density at radius 3 is 3.00 bits per heavy atom. The Bertz CT molecular complexity index is 383. The van der Waals surface area contributed by atoms with Crippen LogP contribution in [0.5, 0.6) is 5.75 Å². The lowest BCUT2D eigenvalue weighted by Crippen LogP contribution is -2.36. The zero-order valence-electron chi connectivity index (χ0n) is 11.2. The maximum absolute atomic E-state index is 9.53. The highest BCUT2D eigenvalue weighted by atomic mass is 32.2. The van der Waals surface area contributed by atoms with E-state index in [2.05, 4.69) is 37.0 Å². The zero-order chi connectivity index (χ0) is 13.0. The van der Waals surface area contributed by atoms with E-state index in [9.17, 15) is 5.11 Å². The largest absolute Gasteiger partial charge is 0.508 e. The second-order valence-corrected chi connectivity index (χ2v) is 6.53. The molecule has 0 aliphatic heterocycles. The van der Waals surface area contributed by atoms with Crippen LogP contribution in [0.1, 0.15) is 44.7 Å². The van der Waals surface area contributed by atoms with Crippen molar-refractivity contribution in [3.05, 3.63) is 29.8 Å². The standard InChI is InChI=1S/C15H23NOS/c1-3-18-15-9-5-8-14(15)16-11(2)12-6-4-7-13(17)10-12/h4,6-7,10-11,14-17H,3,5,8-9H2,1-2H3. The predicted molar refractivity (Wildman–Crippen MR) is 79.2 cm³/mol. The van der Waals surface area contributed by atoms with E-state index >= 15 is 0 Å². The van der Waals surface area contributed by atoms with Gasteiger partial charge >= 0.3 is 0 Å². The first-order valence-corrected chi connectivity index (χ1v) is 7.92. The molecule has 2 N–H and O–H groups in total. The van der Waals surface area contributed by atoms with Gasteiger partial charge in [-0.2, -0.15) is 11.8 Å². The fourth-order valence-corrected chi connectivity index (χ4v) is 3.95. The third-order valence-electron chi connectivity index (χ3n) is 3.67. The van der Waals surface area contributed by atoms with E-state index < -0.39 is 0 Å². The Labute approximate surface area is 114 Å². The average Bonchev–Trinajstić information content (AvgIpc) is 2.77. The molecule has 3 atom stereocenters. The van der Waals surface area contributed by atoms with Crippen LogP contribution in [-0.2, 0) is 0 Å². The number of phenolic OH excluding ortho intramolecular Hbond substituents is 1. The molecule has 0 heterocycles. The predicted octanol–water partition coefficient (Wildman–Crippen LogP) is 3.72.